The van der Waals surface area contributed by atoms with E-state index in [1.165, 1.54) is 0 Å². The minimum absolute atomic E-state index is 0.194. The summed E-state index contributed by atoms with van der Waals surface area (Å²) in [7, 11) is 0. The standard InChI is InChI=1S/C7H10N6O/c1-3(2)6-9-7(11-10-6)4-5(8)13-14-12-4/h3H,1-2H3,(H2,8,13)(H,9,10,11). The second-order valence-corrected chi connectivity index (χ2v) is 3.20. The van der Waals surface area contributed by atoms with E-state index in [1.807, 2.05) is 13.8 Å². The van der Waals surface area contributed by atoms with Gasteiger partial charge in [0.05, 0.1) is 0 Å². The van der Waals surface area contributed by atoms with Crippen LogP contribution in [-0.4, -0.2) is 25.5 Å². The normalized spacial score (nSPS) is 11.1. The predicted octanol–water partition coefficient (Wildman–Crippen LogP) is 0.560. The van der Waals surface area contributed by atoms with Gasteiger partial charge in [-0.15, -0.1) is 0 Å². The molecule has 0 aromatic carbocycles. The first-order valence-corrected chi connectivity index (χ1v) is 4.19. The van der Waals surface area contributed by atoms with E-state index in [4.69, 9.17) is 5.73 Å². The van der Waals surface area contributed by atoms with Crippen molar-refractivity contribution in [2.75, 3.05) is 5.73 Å². The maximum Gasteiger partial charge on any atom is 0.207 e. The molecule has 2 aromatic rings. The number of nitrogens with zero attached hydrogens (tertiary/aromatic N) is 4. The third-order valence-corrected chi connectivity index (χ3v) is 1.78. The summed E-state index contributed by atoms with van der Waals surface area (Å²) in [6, 6.07) is 0. The van der Waals surface area contributed by atoms with E-state index < -0.39 is 0 Å². The summed E-state index contributed by atoms with van der Waals surface area (Å²) < 4.78 is 4.45. The quantitative estimate of drug-likeness (QED) is 0.723. The highest BCUT2D eigenvalue weighted by Crippen LogP contribution is 2.19. The zero-order valence-corrected chi connectivity index (χ0v) is 7.85. The van der Waals surface area contributed by atoms with Crippen LogP contribution in [0.3, 0.4) is 0 Å². The van der Waals surface area contributed by atoms with E-state index in [2.05, 4.69) is 30.1 Å². The first-order valence-electron chi connectivity index (χ1n) is 4.19. The van der Waals surface area contributed by atoms with Crippen molar-refractivity contribution in [3.63, 3.8) is 0 Å². The first-order chi connectivity index (χ1) is 6.68. The Bertz CT molecular complexity index is 431. The van der Waals surface area contributed by atoms with E-state index in [0.717, 1.165) is 5.82 Å². The topological polar surface area (TPSA) is 107 Å². The van der Waals surface area contributed by atoms with Crippen LogP contribution in [0.25, 0.3) is 11.5 Å². The van der Waals surface area contributed by atoms with Crippen LogP contribution in [0.2, 0.25) is 0 Å². The number of H-pyrrole nitrogens is 1. The fourth-order valence-corrected chi connectivity index (χ4v) is 0.989. The number of nitrogen functional groups attached to an aromatic ring is 1. The van der Waals surface area contributed by atoms with Gasteiger partial charge in [-0.3, -0.25) is 5.10 Å². The van der Waals surface area contributed by atoms with Crippen molar-refractivity contribution in [2.24, 2.45) is 0 Å². The second-order valence-electron chi connectivity index (χ2n) is 3.20. The van der Waals surface area contributed by atoms with Crippen LogP contribution in [0.5, 0.6) is 0 Å². The largest absolute Gasteiger partial charge is 0.379 e. The van der Waals surface area contributed by atoms with Gasteiger partial charge >= 0.3 is 0 Å². The third kappa shape index (κ3) is 1.32. The third-order valence-electron chi connectivity index (χ3n) is 1.78. The molecule has 0 amide bonds. The molecule has 0 saturated carbocycles. The number of rotatable bonds is 2. The van der Waals surface area contributed by atoms with Crippen molar-refractivity contribution in [2.45, 2.75) is 19.8 Å². The molecule has 0 aliphatic heterocycles. The van der Waals surface area contributed by atoms with Crippen LogP contribution < -0.4 is 5.73 Å². The molecule has 3 N–H and O–H groups in total. The number of nitrogens with one attached hydrogen (secondary N) is 1. The number of anilines is 1. The molecule has 2 heterocycles. The summed E-state index contributed by atoms with van der Waals surface area (Å²) in [5, 5.41) is 13.8. The maximum absolute atomic E-state index is 5.50. The molecule has 0 radical (unpaired) electrons. The lowest BCUT2D eigenvalue weighted by Crippen LogP contribution is -1.91. The van der Waals surface area contributed by atoms with Crippen molar-refractivity contribution in [1.82, 2.24) is 25.5 Å². The van der Waals surface area contributed by atoms with Crippen molar-refractivity contribution < 1.29 is 4.63 Å². The Morgan fingerprint density at radius 1 is 1.36 bits per heavy atom. The van der Waals surface area contributed by atoms with Gasteiger partial charge in [0.15, 0.2) is 11.5 Å². The molecule has 0 atom stereocenters. The van der Waals surface area contributed by atoms with Crippen molar-refractivity contribution in [1.29, 1.82) is 0 Å². The highest BCUT2D eigenvalue weighted by atomic mass is 16.6. The number of nitrogens with two attached hydrogens (primary N) is 1. The summed E-state index contributed by atoms with van der Waals surface area (Å²) in [4.78, 5) is 4.20. The van der Waals surface area contributed by atoms with Crippen molar-refractivity contribution >= 4 is 5.82 Å². The Kier molecular flexibility index (Phi) is 1.91. The maximum atomic E-state index is 5.50. The number of hydrogen-bond acceptors (Lipinski definition) is 6. The molecule has 2 aromatic heterocycles. The van der Waals surface area contributed by atoms with Crippen molar-refractivity contribution in [3.8, 4) is 11.5 Å². The number of aromatic amines is 1. The lowest BCUT2D eigenvalue weighted by molar-refractivity contribution is 0.310. The molecule has 14 heavy (non-hydrogen) atoms. The lowest BCUT2D eigenvalue weighted by atomic mass is 10.2. The monoisotopic (exact) mass is 194 g/mol. The molecule has 0 aliphatic rings. The highest BCUT2D eigenvalue weighted by molar-refractivity contribution is 5.61. The van der Waals surface area contributed by atoms with Crippen LogP contribution in [0.15, 0.2) is 4.63 Å². The molecule has 0 fully saturated rings. The zero-order chi connectivity index (χ0) is 10.1. The Morgan fingerprint density at radius 3 is 2.64 bits per heavy atom. The zero-order valence-electron chi connectivity index (χ0n) is 7.85. The van der Waals surface area contributed by atoms with Gasteiger partial charge in [0.25, 0.3) is 0 Å². The van der Waals surface area contributed by atoms with E-state index in [9.17, 15) is 0 Å². The molecule has 7 heteroatoms. The molecular weight excluding hydrogens is 184 g/mol. The van der Waals surface area contributed by atoms with Gasteiger partial charge in [0.1, 0.15) is 5.82 Å². The van der Waals surface area contributed by atoms with Gasteiger partial charge in [0.2, 0.25) is 5.82 Å². The average molecular weight is 194 g/mol. The smallest absolute Gasteiger partial charge is 0.207 e. The highest BCUT2D eigenvalue weighted by Gasteiger charge is 2.15. The van der Waals surface area contributed by atoms with Gasteiger partial charge in [-0.25, -0.2) is 9.61 Å². The molecule has 74 valence electrons. The summed E-state index contributed by atoms with van der Waals surface area (Å²) in [6.07, 6.45) is 0. The van der Waals surface area contributed by atoms with E-state index in [-0.39, 0.29) is 11.7 Å². The van der Waals surface area contributed by atoms with Crippen LogP contribution in [0.4, 0.5) is 5.82 Å². The summed E-state index contributed by atoms with van der Waals surface area (Å²) in [5.74, 6) is 1.66. The van der Waals surface area contributed by atoms with Gasteiger partial charge in [0, 0.05) is 5.92 Å². The van der Waals surface area contributed by atoms with Gasteiger partial charge in [-0.2, -0.15) is 5.10 Å². The molecule has 0 unspecified atom stereocenters. The average Bonchev–Trinajstić information content (AvgIpc) is 2.71. The molecule has 0 spiro atoms. The molecule has 7 nitrogen and oxygen atoms in total. The fourth-order valence-electron chi connectivity index (χ4n) is 0.989. The lowest BCUT2D eigenvalue weighted by Gasteiger charge is -1.94. The predicted molar refractivity (Wildman–Crippen MR) is 48.2 cm³/mol. The van der Waals surface area contributed by atoms with E-state index in [0.29, 0.717) is 11.5 Å². The summed E-state index contributed by atoms with van der Waals surface area (Å²) in [5.41, 5.74) is 5.87. The Balaban J connectivity index is 2.39. The molecule has 0 saturated heterocycles. The van der Waals surface area contributed by atoms with Gasteiger partial charge in [-0.05, 0) is 10.3 Å². The minimum atomic E-state index is 0.194. The Morgan fingerprint density at radius 2 is 2.14 bits per heavy atom. The first kappa shape index (κ1) is 8.67. The molecule has 0 bridgehead atoms. The van der Waals surface area contributed by atoms with Crippen LogP contribution in [-0.2, 0) is 0 Å². The summed E-state index contributed by atoms with van der Waals surface area (Å²) in [6.45, 7) is 4.02. The number of aromatic nitrogens is 5. The van der Waals surface area contributed by atoms with Crippen molar-refractivity contribution in [3.05, 3.63) is 5.82 Å². The minimum Gasteiger partial charge on any atom is -0.379 e. The Hall–Kier alpha value is -1.92. The number of hydrogen-bond donors (Lipinski definition) is 2. The Labute approximate surface area is 79.7 Å². The van der Waals surface area contributed by atoms with Crippen LogP contribution >= 0.6 is 0 Å². The SMILES string of the molecule is CC(C)c1nc(-c2nonc2N)n[nH]1. The van der Waals surface area contributed by atoms with Crippen LogP contribution in [0, 0.1) is 0 Å². The van der Waals surface area contributed by atoms with Gasteiger partial charge in [-0.1, -0.05) is 13.8 Å². The van der Waals surface area contributed by atoms with Gasteiger partial charge < -0.3 is 5.73 Å². The van der Waals surface area contributed by atoms with Crippen LogP contribution in [0.1, 0.15) is 25.6 Å². The summed E-state index contributed by atoms with van der Waals surface area (Å²) >= 11 is 0. The second kappa shape index (κ2) is 3.09. The van der Waals surface area contributed by atoms with E-state index >= 15 is 0 Å². The molecule has 2 rings (SSSR count). The molecule has 0 aliphatic carbocycles. The molecular formula is C7H10N6O. The fraction of sp³-hybridized carbons (Fsp3) is 0.429. The van der Waals surface area contributed by atoms with E-state index in [1.54, 1.807) is 0 Å².